The Morgan fingerprint density at radius 3 is 2.34 bits per heavy atom. The molecule has 166 valence electrons. The first-order valence-electron chi connectivity index (χ1n) is 10.5. The average molecular weight is 440 g/mol. The van der Waals surface area contributed by atoms with Crippen LogP contribution in [-0.4, -0.2) is 35.8 Å². The van der Waals surface area contributed by atoms with Crippen LogP contribution in [0, 0.1) is 0 Å². The zero-order valence-corrected chi connectivity index (χ0v) is 17.6. The molecule has 3 aromatic rings. The summed E-state index contributed by atoms with van der Waals surface area (Å²) in [6, 6.07) is 15.6. The molecule has 32 heavy (non-hydrogen) atoms. The molecule has 7 heteroatoms. The Kier molecular flexibility index (Phi) is 5.91. The van der Waals surface area contributed by atoms with Gasteiger partial charge < -0.3 is 10.2 Å². The lowest BCUT2D eigenvalue weighted by Gasteiger charge is -2.33. The predicted molar refractivity (Wildman–Crippen MR) is 117 cm³/mol. The second kappa shape index (κ2) is 8.65. The number of rotatable bonds is 3. The Morgan fingerprint density at radius 1 is 0.938 bits per heavy atom. The van der Waals surface area contributed by atoms with Gasteiger partial charge in [-0.15, -0.1) is 0 Å². The minimum atomic E-state index is -4.49. The molecule has 3 aromatic carbocycles. The minimum absolute atomic E-state index is 0.0823. The monoisotopic (exact) mass is 440 g/mol. The average Bonchev–Trinajstić information content (AvgIpc) is 2.77. The van der Waals surface area contributed by atoms with E-state index in [9.17, 15) is 22.8 Å². The fraction of sp³-hybridized carbons (Fsp3) is 0.280. The number of halogens is 3. The molecule has 0 radical (unpaired) electrons. The fourth-order valence-corrected chi connectivity index (χ4v) is 4.42. The van der Waals surface area contributed by atoms with E-state index in [0.717, 1.165) is 18.9 Å². The van der Waals surface area contributed by atoms with E-state index in [2.05, 4.69) is 5.32 Å². The lowest BCUT2D eigenvalue weighted by Crippen LogP contribution is -2.49. The maximum Gasteiger partial charge on any atom is 0.417 e. The topological polar surface area (TPSA) is 49.4 Å². The summed E-state index contributed by atoms with van der Waals surface area (Å²) in [5.74, 6) is -0.325. The maximum absolute atomic E-state index is 13.6. The summed E-state index contributed by atoms with van der Waals surface area (Å²) in [4.78, 5) is 26.5. The summed E-state index contributed by atoms with van der Waals surface area (Å²) >= 11 is 0. The zero-order valence-electron chi connectivity index (χ0n) is 17.6. The van der Waals surface area contributed by atoms with Crippen molar-refractivity contribution in [2.75, 3.05) is 13.1 Å². The van der Waals surface area contributed by atoms with Crippen LogP contribution in [0.5, 0.6) is 0 Å². The van der Waals surface area contributed by atoms with Gasteiger partial charge in [0, 0.05) is 31.6 Å². The number of alkyl halides is 3. The first-order chi connectivity index (χ1) is 15.3. The van der Waals surface area contributed by atoms with E-state index >= 15 is 0 Å². The molecule has 1 aliphatic heterocycles. The molecule has 0 aliphatic carbocycles. The number of carbonyl (C=O) groups is 2. The van der Waals surface area contributed by atoms with Gasteiger partial charge >= 0.3 is 6.18 Å². The van der Waals surface area contributed by atoms with Crippen LogP contribution in [0.1, 0.15) is 35.7 Å². The summed E-state index contributed by atoms with van der Waals surface area (Å²) in [6.07, 6.45) is -2.92. The highest BCUT2D eigenvalue weighted by Gasteiger charge is 2.34. The summed E-state index contributed by atoms with van der Waals surface area (Å²) in [6.45, 7) is 2.43. The van der Waals surface area contributed by atoms with Gasteiger partial charge in [-0.05, 0) is 46.9 Å². The lowest BCUT2D eigenvalue weighted by molar-refractivity contribution is -0.137. The smallest absolute Gasteiger partial charge is 0.352 e. The molecular weight excluding hydrogens is 417 g/mol. The van der Waals surface area contributed by atoms with Gasteiger partial charge in [0.05, 0.1) is 5.56 Å². The van der Waals surface area contributed by atoms with Crippen molar-refractivity contribution >= 4 is 22.6 Å². The number of hydrogen-bond donors (Lipinski definition) is 1. The molecule has 1 N–H and O–H groups in total. The van der Waals surface area contributed by atoms with Crippen molar-refractivity contribution in [3.8, 4) is 11.1 Å². The van der Waals surface area contributed by atoms with Crippen LogP contribution in [-0.2, 0) is 11.0 Å². The molecule has 1 fully saturated rings. The summed E-state index contributed by atoms with van der Waals surface area (Å²) in [5.41, 5.74) is 0.245. The largest absolute Gasteiger partial charge is 0.417 e. The van der Waals surface area contributed by atoms with Crippen LogP contribution >= 0.6 is 0 Å². The SMILES string of the molecule is CC(=O)NC1CCCN(C(=O)c2ccc(-c3ccccc3C(F)(F)F)c3ccccc23)C1. The van der Waals surface area contributed by atoms with Gasteiger partial charge in [-0.25, -0.2) is 0 Å². The first-order valence-corrected chi connectivity index (χ1v) is 10.5. The molecule has 2 amide bonds. The summed E-state index contributed by atoms with van der Waals surface area (Å²) in [5, 5.41) is 4.06. The third kappa shape index (κ3) is 4.33. The van der Waals surface area contributed by atoms with Gasteiger partial charge in [-0.2, -0.15) is 13.2 Å². The van der Waals surface area contributed by atoms with E-state index in [4.69, 9.17) is 0 Å². The van der Waals surface area contributed by atoms with Crippen molar-refractivity contribution in [3.63, 3.8) is 0 Å². The molecule has 1 heterocycles. The molecule has 1 aliphatic rings. The van der Waals surface area contributed by atoms with Gasteiger partial charge in [-0.1, -0.05) is 48.5 Å². The molecule has 0 aromatic heterocycles. The Hall–Kier alpha value is -3.35. The van der Waals surface area contributed by atoms with Gasteiger partial charge in [0.25, 0.3) is 5.91 Å². The van der Waals surface area contributed by atoms with Crippen LogP contribution in [0.25, 0.3) is 21.9 Å². The van der Waals surface area contributed by atoms with E-state index in [0.29, 0.717) is 35.0 Å². The number of hydrogen-bond acceptors (Lipinski definition) is 2. The van der Waals surface area contributed by atoms with E-state index in [1.54, 1.807) is 47.4 Å². The second-order valence-electron chi connectivity index (χ2n) is 8.04. The number of nitrogens with zero attached hydrogens (tertiary/aromatic N) is 1. The van der Waals surface area contributed by atoms with Crippen molar-refractivity contribution in [1.29, 1.82) is 0 Å². The van der Waals surface area contributed by atoms with Crippen molar-refractivity contribution in [2.45, 2.75) is 32.0 Å². The highest BCUT2D eigenvalue weighted by molar-refractivity contribution is 6.11. The number of piperidine rings is 1. The van der Waals surface area contributed by atoms with Crippen LogP contribution < -0.4 is 5.32 Å². The fourth-order valence-electron chi connectivity index (χ4n) is 4.42. The van der Waals surface area contributed by atoms with E-state index in [1.165, 1.54) is 19.1 Å². The quantitative estimate of drug-likeness (QED) is 0.604. The van der Waals surface area contributed by atoms with Gasteiger partial charge in [0.2, 0.25) is 5.91 Å². The second-order valence-corrected chi connectivity index (χ2v) is 8.04. The van der Waals surface area contributed by atoms with Gasteiger partial charge in [0.15, 0.2) is 0 Å². The zero-order chi connectivity index (χ0) is 22.9. The number of likely N-dealkylation sites (tertiary alicyclic amines) is 1. The van der Waals surface area contributed by atoms with E-state index in [-0.39, 0.29) is 23.4 Å². The molecule has 4 rings (SSSR count). The highest BCUT2D eigenvalue weighted by Crippen LogP contribution is 2.40. The number of benzene rings is 3. The van der Waals surface area contributed by atoms with Gasteiger partial charge in [-0.3, -0.25) is 9.59 Å². The predicted octanol–water partition coefficient (Wildman–Crippen LogP) is 5.27. The van der Waals surface area contributed by atoms with Crippen LogP contribution in [0.3, 0.4) is 0 Å². The first kappa shape index (κ1) is 21.9. The third-order valence-corrected chi connectivity index (χ3v) is 5.79. The molecule has 0 saturated carbocycles. The van der Waals surface area contributed by atoms with Crippen molar-refractivity contribution in [3.05, 3.63) is 71.8 Å². The molecule has 4 nitrogen and oxygen atoms in total. The molecule has 0 spiro atoms. The van der Waals surface area contributed by atoms with Crippen LogP contribution in [0.15, 0.2) is 60.7 Å². The van der Waals surface area contributed by atoms with Crippen molar-refractivity contribution < 1.29 is 22.8 Å². The van der Waals surface area contributed by atoms with Crippen molar-refractivity contribution in [1.82, 2.24) is 10.2 Å². The number of fused-ring (bicyclic) bond motifs is 1. The Balaban J connectivity index is 1.76. The Morgan fingerprint density at radius 2 is 1.62 bits per heavy atom. The Bertz CT molecular complexity index is 1170. The van der Waals surface area contributed by atoms with Crippen LogP contribution in [0.2, 0.25) is 0 Å². The number of carbonyl (C=O) groups excluding carboxylic acids is 2. The number of nitrogens with one attached hydrogen (secondary N) is 1. The molecular formula is C25H23F3N2O2. The standard InChI is InChI=1S/C25H23F3N2O2/c1-16(31)29-17-7-6-14-30(15-17)24(32)22-13-12-20(18-8-2-3-9-19(18)22)21-10-4-5-11-23(21)25(26,27)28/h2-5,8-13,17H,6-7,14-15H2,1H3,(H,29,31). The van der Waals surface area contributed by atoms with Crippen LogP contribution in [0.4, 0.5) is 13.2 Å². The molecule has 1 saturated heterocycles. The summed E-state index contributed by atoms with van der Waals surface area (Å²) in [7, 11) is 0. The van der Waals surface area contributed by atoms with E-state index in [1.807, 2.05) is 0 Å². The Labute approximate surface area is 184 Å². The lowest BCUT2D eigenvalue weighted by atomic mass is 9.91. The molecule has 0 bridgehead atoms. The van der Waals surface area contributed by atoms with Crippen molar-refractivity contribution in [2.24, 2.45) is 0 Å². The third-order valence-electron chi connectivity index (χ3n) is 5.79. The van der Waals surface area contributed by atoms with E-state index < -0.39 is 11.7 Å². The maximum atomic E-state index is 13.6. The van der Waals surface area contributed by atoms with Gasteiger partial charge in [0.1, 0.15) is 0 Å². The normalized spacial score (nSPS) is 16.8. The highest BCUT2D eigenvalue weighted by atomic mass is 19.4. The minimum Gasteiger partial charge on any atom is -0.352 e. The molecule has 1 unspecified atom stereocenters. The summed E-state index contributed by atoms with van der Waals surface area (Å²) < 4.78 is 40.9. The number of amides is 2. The molecule has 1 atom stereocenters.